The van der Waals surface area contributed by atoms with Crippen LogP contribution >= 0.6 is 0 Å². The second-order valence-corrected chi connectivity index (χ2v) is 9.26. The molecule has 0 spiro atoms. The molecule has 0 bridgehead atoms. The van der Waals surface area contributed by atoms with E-state index >= 15 is 0 Å². The molecule has 1 heterocycles. The van der Waals surface area contributed by atoms with E-state index in [0.29, 0.717) is 6.42 Å². The van der Waals surface area contributed by atoms with E-state index in [4.69, 9.17) is 4.74 Å². The molecule has 0 radical (unpaired) electrons. The van der Waals surface area contributed by atoms with Crippen molar-refractivity contribution in [3.8, 4) is 0 Å². The molecule has 1 amide bonds. The van der Waals surface area contributed by atoms with Gasteiger partial charge in [-0.2, -0.15) is 0 Å². The molecule has 1 unspecified atom stereocenters. The number of hydrogen-bond donors (Lipinski definition) is 0. The average molecular weight is 343 g/mol. The quantitative estimate of drug-likeness (QED) is 0.703. The highest BCUT2D eigenvalue weighted by molar-refractivity contribution is 7.91. The van der Waals surface area contributed by atoms with Gasteiger partial charge >= 0.3 is 5.97 Å². The Hall–Kier alpha value is -1.11. The smallest absolute Gasteiger partial charge is 0.309 e. The molecule has 130 valence electrons. The minimum absolute atomic E-state index is 0.0298. The fourth-order valence-corrected chi connectivity index (χ4v) is 5.42. The highest BCUT2D eigenvalue weighted by Gasteiger charge is 2.39. The number of nitrogens with zero attached hydrogens (tertiary/aromatic N) is 1. The Morgan fingerprint density at radius 2 is 1.65 bits per heavy atom. The molecule has 3 aliphatic rings. The first-order valence-corrected chi connectivity index (χ1v) is 10.5. The highest BCUT2D eigenvalue weighted by atomic mass is 32.2. The molecular formula is C16H25NO5S. The summed E-state index contributed by atoms with van der Waals surface area (Å²) in [6.45, 7) is -0.248. The van der Waals surface area contributed by atoms with Crippen LogP contribution in [0.3, 0.4) is 0 Å². The Morgan fingerprint density at radius 1 is 0.957 bits per heavy atom. The summed E-state index contributed by atoms with van der Waals surface area (Å²) in [6.07, 6.45) is 7.32. The molecule has 3 fully saturated rings. The van der Waals surface area contributed by atoms with Gasteiger partial charge in [0.15, 0.2) is 16.4 Å². The van der Waals surface area contributed by atoms with Crippen molar-refractivity contribution >= 4 is 21.7 Å². The number of esters is 1. The van der Waals surface area contributed by atoms with Crippen molar-refractivity contribution in [1.29, 1.82) is 0 Å². The molecular weight excluding hydrogens is 318 g/mol. The molecule has 1 atom stereocenters. The summed E-state index contributed by atoms with van der Waals surface area (Å²) in [5.41, 5.74) is 0. The van der Waals surface area contributed by atoms with Gasteiger partial charge in [-0.25, -0.2) is 8.42 Å². The SMILES string of the molecule is O=C(OCC(=O)N(C1CCCCC1)C1CCS(=O)(=O)C1)C1CC1. The van der Waals surface area contributed by atoms with Gasteiger partial charge < -0.3 is 9.64 Å². The van der Waals surface area contributed by atoms with Crippen LogP contribution in [0.4, 0.5) is 0 Å². The van der Waals surface area contributed by atoms with Crippen LogP contribution in [0.2, 0.25) is 0 Å². The lowest BCUT2D eigenvalue weighted by molar-refractivity contribution is -0.155. The van der Waals surface area contributed by atoms with Crippen molar-refractivity contribution in [3.63, 3.8) is 0 Å². The van der Waals surface area contributed by atoms with E-state index < -0.39 is 9.84 Å². The lowest BCUT2D eigenvalue weighted by atomic mass is 9.93. The van der Waals surface area contributed by atoms with Crippen LogP contribution in [-0.4, -0.2) is 55.4 Å². The first-order chi connectivity index (χ1) is 11.0. The number of hydrogen-bond acceptors (Lipinski definition) is 5. The summed E-state index contributed by atoms with van der Waals surface area (Å²) in [5.74, 6) is -0.353. The van der Waals surface area contributed by atoms with Gasteiger partial charge in [0.2, 0.25) is 0 Å². The van der Waals surface area contributed by atoms with Crippen molar-refractivity contribution in [1.82, 2.24) is 4.90 Å². The number of carbonyl (C=O) groups is 2. The molecule has 2 aliphatic carbocycles. The van der Waals surface area contributed by atoms with Gasteiger partial charge in [0.1, 0.15) is 0 Å². The van der Waals surface area contributed by atoms with Gasteiger partial charge in [-0.15, -0.1) is 0 Å². The first-order valence-electron chi connectivity index (χ1n) is 8.64. The lowest BCUT2D eigenvalue weighted by Crippen LogP contribution is -2.50. The third-order valence-corrected chi connectivity index (χ3v) is 6.86. The normalized spacial score (nSPS) is 27.6. The van der Waals surface area contributed by atoms with Crippen LogP contribution in [0, 0.1) is 5.92 Å². The van der Waals surface area contributed by atoms with E-state index in [9.17, 15) is 18.0 Å². The van der Waals surface area contributed by atoms with Crippen LogP contribution in [0.5, 0.6) is 0 Å². The van der Waals surface area contributed by atoms with E-state index in [1.165, 1.54) is 0 Å². The summed E-state index contributed by atoms with van der Waals surface area (Å²) in [5, 5.41) is 0. The molecule has 0 aromatic carbocycles. The van der Waals surface area contributed by atoms with Crippen LogP contribution in [0.15, 0.2) is 0 Å². The summed E-state index contributed by atoms with van der Waals surface area (Å²) >= 11 is 0. The highest BCUT2D eigenvalue weighted by Crippen LogP contribution is 2.31. The molecule has 3 rings (SSSR count). The molecule has 0 aromatic heterocycles. The number of carbonyl (C=O) groups excluding carboxylic acids is 2. The van der Waals surface area contributed by atoms with E-state index in [-0.39, 0.29) is 48.0 Å². The molecule has 6 nitrogen and oxygen atoms in total. The minimum atomic E-state index is -3.05. The third kappa shape index (κ3) is 4.25. The minimum Gasteiger partial charge on any atom is -0.455 e. The number of rotatable bonds is 5. The first kappa shape index (κ1) is 16.7. The predicted molar refractivity (Wildman–Crippen MR) is 84.5 cm³/mol. The summed E-state index contributed by atoms with van der Waals surface area (Å²) in [6, 6.07) is -0.163. The fourth-order valence-electron chi connectivity index (χ4n) is 3.70. The Morgan fingerprint density at radius 3 is 2.22 bits per heavy atom. The lowest BCUT2D eigenvalue weighted by Gasteiger charge is -2.38. The van der Waals surface area contributed by atoms with Gasteiger partial charge in [-0.05, 0) is 32.1 Å². The van der Waals surface area contributed by atoms with E-state index in [1.807, 2.05) is 0 Å². The maximum absolute atomic E-state index is 12.6. The molecule has 0 N–H and O–H groups in total. The zero-order valence-electron chi connectivity index (χ0n) is 13.4. The number of amides is 1. The van der Waals surface area contributed by atoms with Gasteiger partial charge in [0.25, 0.3) is 5.91 Å². The molecule has 1 saturated heterocycles. The zero-order chi connectivity index (χ0) is 16.4. The second-order valence-electron chi connectivity index (χ2n) is 7.03. The average Bonchev–Trinajstić information content (AvgIpc) is 3.31. The van der Waals surface area contributed by atoms with E-state index in [0.717, 1.165) is 44.9 Å². The zero-order valence-corrected chi connectivity index (χ0v) is 14.2. The van der Waals surface area contributed by atoms with Crippen molar-refractivity contribution in [2.75, 3.05) is 18.1 Å². The molecule has 23 heavy (non-hydrogen) atoms. The number of sulfone groups is 1. The predicted octanol–water partition coefficient (Wildman–Crippen LogP) is 1.29. The van der Waals surface area contributed by atoms with E-state index in [2.05, 4.69) is 0 Å². The Balaban J connectivity index is 1.65. The molecule has 0 aromatic rings. The van der Waals surface area contributed by atoms with Gasteiger partial charge in [-0.1, -0.05) is 19.3 Å². The van der Waals surface area contributed by atoms with Crippen LogP contribution < -0.4 is 0 Å². The maximum Gasteiger partial charge on any atom is 0.309 e. The van der Waals surface area contributed by atoms with Gasteiger partial charge in [-0.3, -0.25) is 9.59 Å². The van der Waals surface area contributed by atoms with Crippen molar-refractivity contribution in [2.45, 2.75) is 63.5 Å². The monoisotopic (exact) mass is 343 g/mol. The summed E-state index contributed by atoms with van der Waals surface area (Å²) in [7, 11) is -3.05. The largest absolute Gasteiger partial charge is 0.455 e. The molecule has 1 aliphatic heterocycles. The van der Waals surface area contributed by atoms with Crippen molar-refractivity contribution in [2.24, 2.45) is 5.92 Å². The van der Waals surface area contributed by atoms with Gasteiger partial charge in [0, 0.05) is 12.1 Å². The second kappa shape index (κ2) is 6.79. The Labute approximate surface area is 137 Å². The summed E-state index contributed by atoms with van der Waals surface area (Å²) < 4.78 is 28.7. The van der Waals surface area contributed by atoms with Crippen molar-refractivity contribution < 1.29 is 22.7 Å². The van der Waals surface area contributed by atoms with Crippen LogP contribution in [0.25, 0.3) is 0 Å². The van der Waals surface area contributed by atoms with Crippen molar-refractivity contribution in [3.05, 3.63) is 0 Å². The topological polar surface area (TPSA) is 80.8 Å². The number of ether oxygens (including phenoxy) is 1. The molecule has 7 heteroatoms. The Bertz CT molecular complexity index is 563. The van der Waals surface area contributed by atoms with E-state index in [1.54, 1.807) is 4.90 Å². The Kier molecular flexibility index (Phi) is 4.94. The van der Waals surface area contributed by atoms with Crippen LogP contribution in [0.1, 0.15) is 51.4 Å². The van der Waals surface area contributed by atoms with Gasteiger partial charge in [0.05, 0.1) is 17.4 Å². The molecule has 2 saturated carbocycles. The fraction of sp³-hybridized carbons (Fsp3) is 0.875. The maximum atomic E-state index is 12.6. The third-order valence-electron chi connectivity index (χ3n) is 5.11. The van der Waals surface area contributed by atoms with Crippen LogP contribution in [-0.2, 0) is 24.2 Å². The standard InChI is InChI=1S/C16H25NO5S/c18-15(10-22-16(19)12-6-7-12)17(13-4-2-1-3-5-13)14-8-9-23(20,21)11-14/h12-14H,1-11H2. The summed E-state index contributed by atoms with van der Waals surface area (Å²) in [4.78, 5) is 26.0.